The number of carbonyl (C=O) groups is 12. The second-order valence-electron chi connectivity index (χ2n) is 17.6. The SMILES string of the molecule is CC(=O)O.CC(=O)O.CC(=O)O.CCC[CH2][Sn]([CH2]CCC)([CH2]CCC)[c]1cccc(C(=O)NCCCCN(CC(=O)O)C(=O)CCNC(=O)CCNC)c1.CNCCC=O.CON1C(=O)CCC1=O.O=Cc1cccc(C=O)c1. The fourth-order valence-corrected chi connectivity index (χ4v) is 23.0. The van der Waals surface area contributed by atoms with Gasteiger partial charge in [-0.15, -0.1) is 0 Å². The first-order valence-corrected chi connectivity index (χ1v) is 33.8. The summed E-state index contributed by atoms with van der Waals surface area (Å²) in [6, 6.07) is 14.9. The Labute approximate surface area is 470 Å². The van der Waals surface area contributed by atoms with Crippen molar-refractivity contribution in [2.24, 2.45) is 0 Å². The van der Waals surface area contributed by atoms with Crippen molar-refractivity contribution in [2.75, 3.05) is 60.5 Å². The van der Waals surface area contributed by atoms with E-state index in [1.807, 2.05) is 13.1 Å². The van der Waals surface area contributed by atoms with Crippen LogP contribution in [0.1, 0.15) is 156 Å². The van der Waals surface area contributed by atoms with Crippen LogP contribution < -0.4 is 24.8 Å². The zero-order valence-corrected chi connectivity index (χ0v) is 50.8. The van der Waals surface area contributed by atoms with Crippen molar-refractivity contribution < 1.29 is 82.8 Å². The number of benzene rings is 2. The molecular formula is C55H90N6O17Sn. The third-order valence-electron chi connectivity index (χ3n) is 10.7. The maximum atomic E-state index is 13.1. The molecule has 24 heteroatoms. The molecule has 1 heterocycles. The molecule has 1 saturated heterocycles. The van der Waals surface area contributed by atoms with Crippen molar-refractivity contribution in [2.45, 2.75) is 138 Å². The Morgan fingerprint density at radius 2 is 1.13 bits per heavy atom. The number of hydrogen-bond donors (Lipinski definition) is 8. The van der Waals surface area contributed by atoms with Crippen LogP contribution in [0.5, 0.6) is 0 Å². The molecule has 0 unspecified atom stereocenters. The molecule has 2 aromatic rings. The molecule has 0 aromatic heterocycles. The van der Waals surface area contributed by atoms with Crippen LogP contribution in [0.2, 0.25) is 13.3 Å². The third kappa shape index (κ3) is 46.2. The van der Waals surface area contributed by atoms with Crippen LogP contribution in [-0.2, 0) is 48.0 Å². The van der Waals surface area contributed by atoms with E-state index in [1.165, 1.54) is 67.4 Å². The van der Waals surface area contributed by atoms with Crippen LogP contribution in [0.15, 0.2) is 48.5 Å². The minimum absolute atomic E-state index is 0.0485. The van der Waals surface area contributed by atoms with Gasteiger partial charge in [-0.25, -0.2) is 0 Å². The Kier molecular flexibility index (Phi) is 52.3. The smallest absolute Gasteiger partial charge is 0.253 e. The number of amides is 5. The number of hydroxylamine groups is 2. The monoisotopic (exact) mass is 1230 g/mol. The van der Waals surface area contributed by atoms with Gasteiger partial charge in [-0.3, -0.25) is 48.0 Å². The van der Waals surface area contributed by atoms with Crippen LogP contribution in [0, 0.1) is 0 Å². The molecule has 0 spiro atoms. The van der Waals surface area contributed by atoms with E-state index >= 15 is 0 Å². The maximum absolute atomic E-state index is 13.1. The number of imide groups is 1. The number of carboxylic acids is 4. The van der Waals surface area contributed by atoms with Crippen LogP contribution >= 0.6 is 0 Å². The Balaban J connectivity index is -0.000000599. The largest absolute Gasteiger partial charge is 0.319 e. The fraction of sp³-hybridized carbons (Fsp3) is 0.564. The predicted octanol–water partition coefficient (Wildman–Crippen LogP) is 5.36. The molecule has 23 nitrogen and oxygen atoms in total. The van der Waals surface area contributed by atoms with Gasteiger partial charge in [0.1, 0.15) is 18.9 Å². The van der Waals surface area contributed by atoms with E-state index in [4.69, 9.17) is 29.7 Å². The van der Waals surface area contributed by atoms with Crippen LogP contribution in [0.4, 0.5) is 0 Å². The van der Waals surface area contributed by atoms with Crippen molar-refractivity contribution in [3.8, 4) is 0 Å². The molecule has 1 fully saturated rings. The zero-order chi connectivity index (χ0) is 61.0. The van der Waals surface area contributed by atoms with E-state index in [1.54, 1.807) is 31.3 Å². The first-order chi connectivity index (χ1) is 37.4. The maximum Gasteiger partial charge on any atom is 0.253 e. The van der Waals surface area contributed by atoms with Gasteiger partial charge >= 0.3 is 201 Å². The summed E-state index contributed by atoms with van der Waals surface area (Å²) >= 11 is -2.63. The average molecular weight is 1230 g/mol. The van der Waals surface area contributed by atoms with Crippen LogP contribution in [-0.4, -0.2) is 182 Å². The molecule has 1 aliphatic rings. The Hall–Kier alpha value is -6.44. The van der Waals surface area contributed by atoms with Gasteiger partial charge in [0.25, 0.3) is 29.7 Å². The number of carbonyl (C=O) groups excluding carboxylic acids is 8. The predicted molar refractivity (Wildman–Crippen MR) is 303 cm³/mol. The van der Waals surface area contributed by atoms with Gasteiger partial charge in [-0.2, -0.15) is 5.06 Å². The van der Waals surface area contributed by atoms with E-state index in [9.17, 15) is 48.3 Å². The summed E-state index contributed by atoms with van der Waals surface area (Å²) in [6.45, 7) is 11.9. The average Bonchev–Trinajstić information content (AvgIpc) is 3.74. The van der Waals surface area contributed by atoms with Crippen molar-refractivity contribution >= 4 is 94.2 Å². The Bertz CT molecular complexity index is 2010. The van der Waals surface area contributed by atoms with E-state index in [2.05, 4.69) is 65.1 Å². The topological polar surface area (TPSA) is 350 Å². The van der Waals surface area contributed by atoms with Crippen molar-refractivity contribution in [3.63, 3.8) is 0 Å². The summed E-state index contributed by atoms with van der Waals surface area (Å²) in [5.41, 5.74) is 1.78. The molecule has 2 aromatic carbocycles. The van der Waals surface area contributed by atoms with Crippen molar-refractivity contribution in [1.82, 2.24) is 31.2 Å². The minimum atomic E-state index is -2.63. The second kappa shape index (κ2) is 52.3. The quantitative estimate of drug-likeness (QED) is 0.0211. The molecule has 0 bridgehead atoms. The molecule has 3 rings (SSSR count). The summed E-state index contributed by atoms with van der Waals surface area (Å²) in [5.74, 6) is -4.61. The summed E-state index contributed by atoms with van der Waals surface area (Å²) in [4.78, 5) is 132. The summed E-state index contributed by atoms with van der Waals surface area (Å²) < 4.78 is 5.54. The van der Waals surface area contributed by atoms with Crippen LogP contribution in [0.3, 0.4) is 0 Å². The standard InChI is InChI=1S/C20H29N4O5.C8H6O2.C5H7NO3.C4H9NO.3C4H9.3C2H4O2.Sn/c1-21-12-9-17(25)22-13-10-18(26)24(15-19(27)28)14-6-5-11-23-20(29)16-7-3-2-4-8-16;9-5-7-2-1-3-8(4-7)6-10;1-9-6-4(7)2-3-5(6)8;1-5-3-2-4-6;3*1-3-4-2;3*1-2(3)4;/h2-3,7-8,21H,5-6,9-15H2,1H3,(H,22,25)(H,23,29)(H,27,28);1-6H;2-3H2,1H3;4-5H,2-3H2,1H3;3*1,3-4H2,2H3;3*1H3,(H,3,4);. The number of hydrogen-bond acceptors (Lipinski definition) is 15. The molecule has 446 valence electrons. The van der Waals surface area contributed by atoms with Gasteiger partial charge in [0.05, 0.1) is 7.11 Å². The number of aliphatic carboxylic acids is 4. The summed E-state index contributed by atoms with van der Waals surface area (Å²) in [6.07, 6.45) is 12.5. The molecule has 0 aliphatic carbocycles. The van der Waals surface area contributed by atoms with Gasteiger partial charge in [0.15, 0.2) is 0 Å². The van der Waals surface area contributed by atoms with Gasteiger partial charge in [0.2, 0.25) is 5.91 Å². The number of nitrogens with zero attached hydrogens (tertiary/aromatic N) is 2. The molecule has 0 radical (unpaired) electrons. The van der Waals surface area contributed by atoms with E-state index in [0.717, 1.165) is 44.2 Å². The van der Waals surface area contributed by atoms with E-state index < -0.39 is 42.3 Å². The number of unbranched alkanes of at least 4 members (excludes halogenated alkanes) is 4. The van der Waals surface area contributed by atoms with E-state index in [0.29, 0.717) is 62.5 Å². The van der Waals surface area contributed by atoms with Crippen LogP contribution in [0.25, 0.3) is 0 Å². The van der Waals surface area contributed by atoms with Gasteiger partial charge < -0.3 is 41.2 Å². The number of rotatable bonds is 30. The Morgan fingerprint density at radius 3 is 1.52 bits per heavy atom. The molecule has 0 atom stereocenters. The molecule has 79 heavy (non-hydrogen) atoms. The fourth-order valence-electron chi connectivity index (χ4n) is 6.99. The zero-order valence-electron chi connectivity index (χ0n) is 47.9. The first kappa shape index (κ1) is 79.0. The molecular weight excluding hydrogens is 1140 g/mol. The minimum Gasteiger partial charge on any atom is -0.319 e. The van der Waals surface area contributed by atoms with Gasteiger partial charge in [-0.1, -0.05) is 18.2 Å². The molecule has 5 amide bonds. The summed E-state index contributed by atoms with van der Waals surface area (Å²) in [7, 11) is 4.89. The normalized spacial score (nSPS) is 10.9. The third-order valence-corrected chi connectivity index (χ3v) is 26.3. The summed E-state index contributed by atoms with van der Waals surface area (Å²) in [5, 5.41) is 43.7. The van der Waals surface area contributed by atoms with Crippen molar-refractivity contribution in [1.29, 1.82) is 0 Å². The second-order valence-corrected chi connectivity index (χ2v) is 30.8. The van der Waals surface area contributed by atoms with E-state index in [-0.39, 0.29) is 68.4 Å². The van der Waals surface area contributed by atoms with Gasteiger partial charge in [0, 0.05) is 77.2 Å². The number of nitrogens with one attached hydrogen (secondary N) is 4. The number of carboxylic acid groups (broad SMARTS) is 4. The number of aldehydes is 3. The Morgan fingerprint density at radius 1 is 0.646 bits per heavy atom. The van der Waals surface area contributed by atoms with Crippen molar-refractivity contribution in [3.05, 3.63) is 65.2 Å². The molecule has 0 saturated carbocycles. The first-order valence-electron chi connectivity index (χ1n) is 26.3. The van der Waals surface area contributed by atoms with Gasteiger partial charge in [-0.05, 0) is 20.2 Å². The molecule has 1 aliphatic heterocycles. The molecule has 8 N–H and O–H groups in total.